The van der Waals surface area contributed by atoms with Crippen molar-refractivity contribution in [3.63, 3.8) is 0 Å². The first-order valence-corrected chi connectivity index (χ1v) is 8.50. The Kier molecular flexibility index (Phi) is 5.25. The summed E-state index contributed by atoms with van der Waals surface area (Å²) in [6.07, 6.45) is -1.07. The number of anilines is 1. The number of aromatic amines is 1. The standard InChI is InChI=1S/C19H20N2O7/c1-9-15(18(23)25-4)10(2)20-16(9)19(24)28-11(3)17(22)21-12-5-6-13-14(7-12)27-8-26-13/h5-7,11,20H,8H2,1-4H3,(H,21,22)/t11-/m1/s1. The van der Waals surface area contributed by atoms with Crippen LogP contribution in [-0.2, 0) is 14.3 Å². The van der Waals surface area contributed by atoms with Crippen LogP contribution in [0.3, 0.4) is 0 Å². The Morgan fingerprint density at radius 3 is 2.57 bits per heavy atom. The number of ether oxygens (including phenoxy) is 4. The molecular weight excluding hydrogens is 368 g/mol. The molecule has 28 heavy (non-hydrogen) atoms. The lowest BCUT2D eigenvalue weighted by atomic mass is 10.1. The van der Waals surface area contributed by atoms with E-state index in [0.29, 0.717) is 28.4 Å². The van der Waals surface area contributed by atoms with Crippen LogP contribution < -0.4 is 14.8 Å². The number of hydrogen-bond acceptors (Lipinski definition) is 7. The molecule has 3 rings (SSSR count). The smallest absolute Gasteiger partial charge is 0.355 e. The van der Waals surface area contributed by atoms with Crippen molar-refractivity contribution in [2.45, 2.75) is 26.9 Å². The largest absolute Gasteiger partial charge is 0.465 e. The first-order chi connectivity index (χ1) is 13.3. The molecule has 1 atom stereocenters. The quantitative estimate of drug-likeness (QED) is 0.755. The van der Waals surface area contributed by atoms with Gasteiger partial charge in [0.1, 0.15) is 5.69 Å². The Hall–Kier alpha value is -3.49. The van der Waals surface area contributed by atoms with Gasteiger partial charge in [0.15, 0.2) is 17.6 Å². The summed E-state index contributed by atoms with van der Waals surface area (Å²) in [6.45, 7) is 4.82. The Bertz CT molecular complexity index is 948. The van der Waals surface area contributed by atoms with Crippen LogP contribution in [0.5, 0.6) is 11.5 Å². The molecule has 2 N–H and O–H groups in total. The van der Waals surface area contributed by atoms with Crippen molar-refractivity contribution in [2.24, 2.45) is 0 Å². The molecule has 1 aromatic carbocycles. The predicted octanol–water partition coefficient (Wildman–Crippen LogP) is 2.33. The van der Waals surface area contributed by atoms with E-state index in [2.05, 4.69) is 10.3 Å². The van der Waals surface area contributed by atoms with E-state index in [4.69, 9.17) is 18.9 Å². The fourth-order valence-corrected chi connectivity index (χ4v) is 2.85. The summed E-state index contributed by atoms with van der Waals surface area (Å²) in [4.78, 5) is 39.4. The van der Waals surface area contributed by atoms with E-state index in [9.17, 15) is 14.4 Å². The van der Waals surface area contributed by atoms with Crippen LogP contribution in [0.25, 0.3) is 0 Å². The zero-order chi connectivity index (χ0) is 20.4. The summed E-state index contributed by atoms with van der Waals surface area (Å²) in [5, 5.41) is 2.65. The second kappa shape index (κ2) is 7.63. The van der Waals surface area contributed by atoms with Gasteiger partial charge in [-0.25, -0.2) is 9.59 Å². The molecule has 1 amide bonds. The number of esters is 2. The molecule has 9 nitrogen and oxygen atoms in total. The zero-order valence-electron chi connectivity index (χ0n) is 15.9. The molecule has 0 bridgehead atoms. The topological polar surface area (TPSA) is 116 Å². The minimum atomic E-state index is -1.07. The van der Waals surface area contributed by atoms with Crippen LogP contribution in [-0.4, -0.2) is 42.8 Å². The fourth-order valence-electron chi connectivity index (χ4n) is 2.85. The van der Waals surface area contributed by atoms with Gasteiger partial charge in [-0.05, 0) is 38.5 Å². The van der Waals surface area contributed by atoms with E-state index < -0.39 is 23.9 Å². The molecule has 2 aromatic rings. The monoisotopic (exact) mass is 388 g/mol. The molecule has 0 spiro atoms. The van der Waals surface area contributed by atoms with Crippen molar-refractivity contribution in [1.29, 1.82) is 0 Å². The van der Waals surface area contributed by atoms with Crippen molar-refractivity contribution >= 4 is 23.5 Å². The molecule has 0 saturated carbocycles. The van der Waals surface area contributed by atoms with E-state index in [1.54, 1.807) is 32.0 Å². The average molecular weight is 388 g/mol. The van der Waals surface area contributed by atoms with Crippen molar-refractivity contribution in [2.75, 3.05) is 19.2 Å². The number of aromatic nitrogens is 1. The van der Waals surface area contributed by atoms with Gasteiger partial charge in [-0.2, -0.15) is 0 Å². The lowest BCUT2D eigenvalue weighted by Crippen LogP contribution is -2.30. The second-order valence-corrected chi connectivity index (χ2v) is 6.22. The van der Waals surface area contributed by atoms with Crippen LogP contribution >= 0.6 is 0 Å². The number of benzene rings is 1. The summed E-state index contributed by atoms with van der Waals surface area (Å²) in [5.74, 6) is -0.698. The Balaban J connectivity index is 1.67. The third-order valence-electron chi connectivity index (χ3n) is 4.32. The van der Waals surface area contributed by atoms with Crippen LogP contribution in [0.15, 0.2) is 18.2 Å². The number of H-pyrrole nitrogens is 1. The summed E-state index contributed by atoms with van der Waals surface area (Å²) < 4.78 is 20.4. The first-order valence-electron chi connectivity index (χ1n) is 8.50. The summed E-state index contributed by atoms with van der Waals surface area (Å²) in [5.41, 5.74) is 1.73. The molecule has 0 fully saturated rings. The van der Waals surface area contributed by atoms with Crippen molar-refractivity contribution < 1.29 is 33.3 Å². The molecule has 148 valence electrons. The molecule has 0 aliphatic carbocycles. The van der Waals surface area contributed by atoms with Crippen LogP contribution in [0.4, 0.5) is 5.69 Å². The van der Waals surface area contributed by atoms with Gasteiger partial charge < -0.3 is 29.2 Å². The van der Waals surface area contributed by atoms with Gasteiger partial charge in [0.25, 0.3) is 5.91 Å². The average Bonchev–Trinajstić information content (AvgIpc) is 3.24. The zero-order valence-corrected chi connectivity index (χ0v) is 15.9. The third kappa shape index (κ3) is 3.64. The normalized spacial score (nSPS) is 13.0. The molecule has 0 saturated heterocycles. The van der Waals surface area contributed by atoms with E-state index in [1.807, 2.05) is 0 Å². The van der Waals surface area contributed by atoms with Gasteiger partial charge in [-0.3, -0.25) is 4.79 Å². The van der Waals surface area contributed by atoms with Gasteiger partial charge in [0.05, 0.1) is 12.7 Å². The Morgan fingerprint density at radius 2 is 1.86 bits per heavy atom. The van der Waals surface area contributed by atoms with E-state index in [0.717, 1.165) is 0 Å². The van der Waals surface area contributed by atoms with Gasteiger partial charge in [-0.15, -0.1) is 0 Å². The fraction of sp³-hybridized carbons (Fsp3) is 0.316. The van der Waals surface area contributed by atoms with Gasteiger partial charge in [-0.1, -0.05) is 0 Å². The molecule has 2 heterocycles. The molecule has 0 radical (unpaired) electrons. The number of methoxy groups -OCH3 is 1. The van der Waals surface area contributed by atoms with Crippen LogP contribution in [0.2, 0.25) is 0 Å². The Labute approximate surface area is 160 Å². The number of carbonyl (C=O) groups excluding carboxylic acids is 3. The maximum atomic E-state index is 12.4. The first kappa shape index (κ1) is 19.3. The number of amides is 1. The summed E-state index contributed by atoms with van der Waals surface area (Å²) >= 11 is 0. The minimum absolute atomic E-state index is 0.0978. The lowest BCUT2D eigenvalue weighted by molar-refractivity contribution is -0.123. The van der Waals surface area contributed by atoms with E-state index in [-0.39, 0.29) is 18.1 Å². The van der Waals surface area contributed by atoms with E-state index >= 15 is 0 Å². The second-order valence-electron chi connectivity index (χ2n) is 6.22. The van der Waals surface area contributed by atoms with Gasteiger partial charge in [0.2, 0.25) is 6.79 Å². The van der Waals surface area contributed by atoms with Gasteiger partial charge >= 0.3 is 11.9 Å². The SMILES string of the molecule is COC(=O)c1c(C)[nH]c(C(=O)O[C@H](C)C(=O)Nc2ccc3c(c2)OCO3)c1C. The molecular formula is C19H20N2O7. The highest BCUT2D eigenvalue weighted by Gasteiger charge is 2.26. The number of carbonyl (C=O) groups is 3. The van der Waals surface area contributed by atoms with Crippen molar-refractivity contribution in [3.05, 3.63) is 40.7 Å². The molecule has 1 aliphatic heterocycles. The lowest BCUT2D eigenvalue weighted by Gasteiger charge is -2.13. The Morgan fingerprint density at radius 1 is 1.14 bits per heavy atom. The maximum absolute atomic E-state index is 12.4. The highest BCUT2D eigenvalue weighted by atomic mass is 16.7. The number of aryl methyl sites for hydroxylation is 1. The highest BCUT2D eigenvalue weighted by Crippen LogP contribution is 2.34. The number of nitrogens with one attached hydrogen (secondary N) is 2. The summed E-state index contributed by atoms with van der Waals surface area (Å²) in [7, 11) is 1.26. The molecule has 1 aliphatic rings. The third-order valence-corrected chi connectivity index (χ3v) is 4.32. The minimum Gasteiger partial charge on any atom is -0.465 e. The highest BCUT2D eigenvalue weighted by molar-refractivity contribution is 6.00. The van der Waals surface area contributed by atoms with Crippen molar-refractivity contribution in [3.8, 4) is 11.5 Å². The number of rotatable bonds is 5. The molecule has 9 heteroatoms. The van der Waals surface area contributed by atoms with Crippen LogP contribution in [0, 0.1) is 13.8 Å². The van der Waals surface area contributed by atoms with Crippen molar-refractivity contribution in [1.82, 2.24) is 4.98 Å². The summed E-state index contributed by atoms with van der Waals surface area (Å²) in [6, 6.07) is 4.95. The van der Waals surface area contributed by atoms with E-state index in [1.165, 1.54) is 14.0 Å². The maximum Gasteiger partial charge on any atom is 0.355 e. The van der Waals surface area contributed by atoms with Gasteiger partial charge in [0, 0.05) is 17.4 Å². The van der Waals surface area contributed by atoms with Crippen LogP contribution in [0.1, 0.15) is 39.0 Å². The molecule has 0 unspecified atom stereocenters. The predicted molar refractivity (Wildman–Crippen MR) is 97.7 cm³/mol. The number of fused-ring (bicyclic) bond motifs is 1. The number of hydrogen-bond donors (Lipinski definition) is 2. The molecule has 1 aromatic heterocycles.